The number of nitrogens with zero attached hydrogens (tertiary/aromatic N) is 5. The lowest BCUT2D eigenvalue weighted by Gasteiger charge is -2.17. The molecule has 1 fully saturated rings. The second-order valence-electron chi connectivity index (χ2n) is 7.80. The summed E-state index contributed by atoms with van der Waals surface area (Å²) in [5.41, 5.74) is 7.38. The Morgan fingerprint density at radius 2 is 1.97 bits per heavy atom. The number of carbonyl (C=O) groups is 1. The average Bonchev–Trinajstić information content (AvgIpc) is 3.39. The van der Waals surface area contributed by atoms with Gasteiger partial charge in [0.25, 0.3) is 0 Å². The summed E-state index contributed by atoms with van der Waals surface area (Å²) in [5.74, 6) is 1.05. The van der Waals surface area contributed by atoms with Crippen LogP contribution in [-0.4, -0.2) is 80.1 Å². The summed E-state index contributed by atoms with van der Waals surface area (Å²) in [4.78, 5) is 26.3. The SMILES string of the molecule is COc1ccc(CN(C)C(=O)/C=C/[C@H]2O[C@@H](n3cnc4c(N)ncnc43)[C@H](O)[C@@H]2O)cc1OC. The second-order valence-corrected chi connectivity index (χ2v) is 7.80. The van der Waals surface area contributed by atoms with Gasteiger partial charge in [-0.15, -0.1) is 0 Å². The molecule has 0 spiro atoms. The number of benzene rings is 1. The van der Waals surface area contributed by atoms with E-state index in [4.69, 9.17) is 19.9 Å². The normalized spacial score (nSPS) is 22.4. The third-order valence-electron chi connectivity index (χ3n) is 5.61. The van der Waals surface area contributed by atoms with Crippen LogP contribution in [0.3, 0.4) is 0 Å². The fourth-order valence-electron chi connectivity index (χ4n) is 3.77. The minimum atomic E-state index is -1.28. The minimum Gasteiger partial charge on any atom is -0.493 e. The number of amides is 1. The van der Waals surface area contributed by atoms with Crippen LogP contribution in [0.1, 0.15) is 11.8 Å². The molecule has 0 saturated carbocycles. The summed E-state index contributed by atoms with van der Waals surface area (Å²) in [5, 5.41) is 21.0. The van der Waals surface area contributed by atoms with Gasteiger partial charge >= 0.3 is 0 Å². The number of likely N-dealkylation sites (N-methyl/N-ethyl adjacent to an activating group) is 1. The van der Waals surface area contributed by atoms with Crippen molar-refractivity contribution in [2.75, 3.05) is 27.0 Å². The maximum absolute atomic E-state index is 12.6. The number of rotatable bonds is 7. The third-order valence-corrected chi connectivity index (χ3v) is 5.61. The van der Waals surface area contributed by atoms with Gasteiger partial charge in [0, 0.05) is 19.7 Å². The molecule has 12 nitrogen and oxygen atoms in total. The quantitative estimate of drug-likeness (QED) is 0.409. The Labute approximate surface area is 195 Å². The number of ether oxygens (including phenoxy) is 3. The Hall–Kier alpha value is -3.74. The summed E-state index contributed by atoms with van der Waals surface area (Å²) in [6.07, 6.45) is 0.977. The van der Waals surface area contributed by atoms with Gasteiger partial charge in [-0.1, -0.05) is 6.07 Å². The number of fused-ring (bicyclic) bond motifs is 1. The van der Waals surface area contributed by atoms with Crippen molar-refractivity contribution in [2.24, 2.45) is 0 Å². The van der Waals surface area contributed by atoms with Crippen LogP contribution in [0, 0.1) is 0 Å². The largest absolute Gasteiger partial charge is 0.493 e. The zero-order valence-electron chi connectivity index (χ0n) is 18.9. The van der Waals surface area contributed by atoms with E-state index in [0.29, 0.717) is 29.2 Å². The Balaban J connectivity index is 1.43. The molecule has 1 saturated heterocycles. The van der Waals surface area contributed by atoms with Gasteiger partial charge in [-0.25, -0.2) is 15.0 Å². The topological polar surface area (TPSA) is 158 Å². The van der Waals surface area contributed by atoms with Crippen molar-refractivity contribution in [1.29, 1.82) is 0 Å². The third kappa shape index (κ3) is 4.38. The first kappa shape index (κ1) is 23.4. The predicted molar refractivity (Wildman–Crippen MR) is 121 cm³/mol. The number of nitrogens with two attached hydrogens (primary N) is 1. The van der Waals surface area contributed by atoms with Crippen molar-refractivity contribution in [1.82, 2.24) is 24.4 Å². The molecule has 2 aromatic heterocycles. The molecule has 3 aromatic rings. The standard InChI is InChI=1S/C22H26N6O6/c1-27(9-12-4-5-13(32-2)15(8-12)33-3)16(29)7-6-14-18(30)19(31)22(34-14)28-11-26-17-20(23)24-10-25-21(17)28/h4-8,10-11,14,18-19,22,30-31H,9H2,1-3H3,(H2,23,24,25)/b7-6+/t14-,18-,19-,22-/m1/s1. The highest BCUT2D eigenvalue weighted by Crippen LogP contribution is 2.32. The highest BCUT2D eigenvalue weighted by atomic mass is 16.6. The average molecular weight is 470 g/mol. The molecule has 0 radical (unpaired) electrons. The van der Waals surface area contributed by atoms with E-state index in [1.54, 1.807) is 33.4 Å². The number of hydrogen-bond acceptors (Lipinski definition) is 10. The molecule has 1 aliphatic heterocycles. The van der Waals surface area contributed by atoms with Crippen molar-refractivity contribution in [3.8, 4) is 11.5 Å². The molecule has 0 bridgehead atoms. The van der Waals surface area contributed by atoms with Crippen LogP contribution < -0.4 is 15.2 Å². The van der Waals surface area contributed by atoms with Crippen LogP contribution in [0.25, 0.3) is 11.2 Å². The van der Waals surface area contributed by atoms with Gasteiger partial charge < -0.3 is 35.1 Å². The Kier molecular flexibility index (Phi) is 6.63. The number of carbonyl (C=O) groups excluding carboxylic acids is 1. The van der Waals surface area contributed by atoms with Crippen molar-refractivity contribution in [3.63, 3.8) is 0 Å². The zero-order valence-corrected chi connectivity index (χ0v) is 18.9. The lowest BCUT2D eigenvalue weighted by molar-refractivity contribution is -0.125. The van der Waals surface area contributed by atoms with Gasteiger partial charge in [0.05, 0.1) is 20.5 Å². The van der Waals surface area contributed by atoms with Crippen LogP contribution >= 0.6 is 0 Å². The molecule has 3 heterocycles. The zero-order chi connectivity index (χ0) is 24.4. The fourth-order valence-corrected chi connectivity index (χ4v) is 3.77. The Bertz CT molecular complexity index is 1210. The smallest absolute Gasteiger partial charge is 0.246 e. The van der Waals surface area contributed by atoms with Crippen molar-refractivity contribution in [3.05, 3.63) is 48.6 Å². The number of anilines is 1. The molecule has 34 heavy (non-hydrogen) atoms. The van der Waals surface area contributed by atoms with Gasteiger partial charge in [0.15, 0.2) is 29.2 Å². The highest BCUT2D eigenvalue weighted by Gasteiger charge is 2.43. The van der Waals surface area contributed by atoms with Crippen LogP contribution in [0.15, 0.2) is 43.0 Å². The van der Waals surface area contributed by atoms with Gasteiger partial charge in [-0.2, -0.15) is 0 Å². The number of aliphatic hydroxyl groups excluding tert-OH is 2. The van der Waals surface area contributed by atoms with E-state index in [1.807, 2.05) is 6.07 Å². The summed E-state index contributed by atoms with van der Waals surface area (Å²) in [6, 6.07) is 5.40. The van der Waals surface area contributed by atoms with E-state index >= 15 is 0 Å². The molecule has 1 aliphatic rings. The molecule has 12 heteroatoms. The van der Waals surface area contributed by atoms with E-state index < -0.39 is 24.5 Å². The molecule has 4 rings (SSSR count). The molecule has 1 aromatic carbocycles. The number of aromatic nitrogens is 4. The molecular weight excluding hydrogens is 444 g/mol. The molecule has 180 valence electrons. The summed E-state index contributed by atoms with van der Waals surface area (Å²) >= 11 is 0. The molecule has 1 amide bonds. The minimum absolute atomic E-state index is 0.191. The Morgan fingerprint density at radius 3 is 2.71 bits per heavy atom. The van der Waals surface area contributed by atoms with Crippen LogP contribution in [0.2, 0.25) is 0 Å². The fraction of sp³-hybridized carbons (Fsp3) is 0.364. The van der Waals surface area contributed by atoms with E-state index in [9.17, 15) is 15.0 Å². The number of methoxy groups -OCH3 is 2. The molecule has 0 unspecified atom stereocenters. The van der Waals surface area contributed by atoms with E-state index in [2.05, 4.69) is 15.0 Å². The van der Waals surface area contributed by atoms with Gasteiger partial charge in [-0.3, -0.25) is 9.36 Å². The second kappa shape index (κ2) is 9.63. The summed E-state index contributed by atoms with van der Waals surface area (Å²) in [7, 11) is 4.74. The monoisotopic (exact) mass is 470 g/mol. The summed E-state index contributed by atoms with van der Waals surface area (Å²) in [6.45, 7) is 0.324. The van der Waals surface area contributed by atoms with Crippen LogP contribution in [-0.2, 0) is 16.1 Å². The number of imidazole rings is 1. The number of nitrogen functional groups attached to an aromatic ring is 1. The van der Waals surface area contributed by atoms with Gasteiger partial charge in [-0.05, 0) is 23.8 Å². The van der Waals surface area contributed by atoms with Crippen molar-refractivity contribution < 1.29 is 29.2 Å². The maximum atomic E-state index is 12.6. The van der Waals surface area contributed by atoms with Crippen molar-refractivity contribution in [2.45, 2.75) is 31.1 Å². The van der Waals surface area contributed by atoms with Crippen LogP contribution in [0.4, 0.5) is 5.82 Å². The molecular formula is C22H26N6O6. The number of aliphatic hydroxyl groups is 2. The predicted octanol–water partition coefficient (Wildman–Crippen LogP) is 0.260. The lowest BCUT2D eigenvalue weighted by atomic mass is 10.1. The molecule has 4 atom stereocenters. The van der Waals surface area contributed by atoms with Gasteiger partial charge in [0.1, 0.15) is 30.2 Å². The maximum Gasteiger partial charge on any atom is 0.246 e. The van der Waals surface area contributed by atoms with Crippen LogP contribution in [0.5, 0.6) is 11.5 Å². The van der Waals surface area contributed by atoms with E-state index in [-0.39, 0.29) is 11.7 Å². The van der Waals surface area contributed by atoms with Gasteiger partial charge in [0.2, 0.25) is 5.91 Å². The van der Waals surface area contributed by atoms with Crippen molar-refractivity contribution >= 4 is 22.9 Å². The highest BCUT2D eigenvalue weighted by molar-refractivity contribution is 5.87. The Morgan fingerprint density at radius 1 is 1.21 bits per heavy atom. The van der Waals surface area contributed by atoms with E-state index in [0.717, 1.165) is 5.56 Å². The van der Waals surface area contributed by atoms with E-state index in [1.165, 1.54) is 34.3 Å². The molecule has 0 aliphatic carbocycles. The number of hydrogen-bond donors (Lipinski definition) is 3. The first-order valence-electron chi connectivity index (χ1n) is 10.4. The first-order valence-corrected chi connectivity index (χ1v) is 10.4. The summed E-state index contributed by atoms with van der Waals surface area (Å²) < 4.78 is 17.8. The lowest BCUT2D eigenvalue weighted by Crippen LogP contribution is -2.31. The molecule has 4 N–H and O–H groups in total. The first-order chi connectivity index (χ1) is 16.3.